The van der Waals surface area contributed by atoms with Gasteiger partial charge in [0.05, 0.1) is 0 Å². The molecule has 0 bridgehead atoms. The molecule has 0 aliphatic heterocycles. The molecule has 0 heterocycles. The summed E-state index contributed by atoms with van der Waals surface area (Å²) in [5, 5.41) is 8.56. The summed E-state index contributed by atoms with van der Waals surface area (Å²) >= 11 is 16.0. The second-order valence-electron chi connectivity index (χ2n) is 12.3. The summed E-state index contributed by atoms with van der Waals surface area (Å²) in [6.07, 6.45) is 0. The topological polar surface area (TPSA) is 0 Å². The van der Waals surface area contributed by atoms with Crippen LogP contribution >= 0.6 is 128 Å². The summed E-state index contributed by atoms with van der Waals surface area (Å²) in [6, 6.07) is 54.3. The molecule has 276 valence electrons. The Morgan fingerprint density at radius 3 is 0.462 bits per heavy atom. The molecule has 52 heavy (non-hydrogen) atoms. The van der Waals surface area contributed by atoms with Gasteiger partial charge in [0.25, 0.3) is 0 Å². The average molecular weight is 1620 g/mol. The Morgan fingerprint density at radius 2 is 0.365 bits per heavy atom. The van der Waals surface area contributed by atoms with E-state index >= 15 is 0 Å². The molecule has 6 aromatic rings. The minimum absolute atomic E-state index is 0.530. The zero-order valence-corrected chi connectivity index (χ0v) is 48.8. The predicted molar refractivity (Wildman–Crippen MR) is 283 cm³/mol. The monoisotopic (exact) mass is 1620 g/mol. The molecule has 0 N–H and O–H groups in total. The van der Waals surface area contributed by atoms with Gasteiger partial charge in [-0.3, -0.25) is 0 Å². The fraction of sp³-hybridized carbons (Fsp3) is 0.143. The van der Waals surface area contributed by atoms with Crippen LogP contribution in [0.3, 0.4) is 0 Å². The summed E-state index contributed by atoms with van der Waals surface area (Å²) in [6.45, 7) is 12.9. The Labute approximate surface area is 399 Å². The number of halogens is 8. The number of rotatable bonds is 6. The summed E-state index contributed by atoms with van der Waals surface area (Å²) in [4.78, 5) is -3.23. The Morgan fingerprint density at radius 1 is 0.269 bits per heavy atom. The molecule has 6 rings (SSSR count). The quantitative estimate of drug-likeness (QED) is 0.117. The van der Waals surface area contributed by atoms with E-state index in [1.807, 2.05) is 0 Å². The SMILES string of the molecule is Cc1ccc([P+](I)(c2ccc(C)cc2)c2ccc(C)cc2)cc1.Cc1ccc([P+](I)(c2ccc(C)cc2)c2ccc(C)cc2)cc1.I[I-]I.I[I-]I. The second-order valence-corrected chi connectivity index (χ2v) is 58.9. The molecule has 0 amide bonds. The molecule has 0 fully saturated rings. The first-order valence-electron chi connectivity index (χ1n) is 16.2. The first-order valence-corrected chi connectivity index (χ1v) is 50.5. The van der Waals surface area contributed by atoms with Crippen molar-refractivity contribution in [2.24, 2.45) is 0 Å². The van der Waals surface area contributed by atoms with Crippen molar-refractivity contribution in [3.63, 3.8) is 0 Å². The summed E-state index contributed by atoms with van der Waals surface area (Å²) in [5.41, 5.74) is 7.86. The number of hydrogen-bond donors (Lipinski definition) is 0. The molecule has 0 aliphatic rings. The Kier molecular flexibility index (Phi) is 23.1. The zero-order valence-electron chi connectivity index (χ0n) is 29.8. The second kappa shape index (κ2) is 24.8. The van der Waals surface area contributed by atoms with Gasteiger partial charge in [0.15, 0.2) is 53.9 Å². The molecule has 0 saturated heterocycles. The molecule has 0 unspecified atom stereocenters. The van der Waals surface area contributed by atoms with Crippen LogP contribution in [0, 0.1) is 41.5 Å². The van der Waals surface area contributed by atoms with Crippen molar-refractivity contribution >= 4 is 160 Å². The zero-order chi connectivity index (χ0) is 38.3. The standard InChI is InChI=1S/2C21H21IP.2I3/c2*1-16-4-10-19(11-5-16)23(22,20-12-6-17(2)7-13-20)21-14-8-18(3)9-15-21;2*1-3-2/h2*4-15H,1-3H3;;/q2*+1;2*-1. The summed E-state index contributed by atoms with van der Waals surface area (Å²) in [7, 11) is 0. The molecule has 0 radical (unpaired) electrons. The molecule has 0 saturated carbocycles. The van der Waals surface area contributed by atoms with Crippen LogP contribution < -0.4 is 58.3 Å². The third-order valence-corrected chi connectivity index (χ3v) is 24.4. The van der Waals surface area contributed by atoms with Crippen LogP contribution in [0.15, 0.2) is 146 Å². The van der Waals surface area contributed by atoms with Crippen LogP contribution in [-0.4, -0.2) is 0 Å². The van der Waals surface area contributed by atoms with Gasteiger partial charge in [-0.15, -0.1) is 0 Å². The third kappa shape index (κ3) is 14.1. The van der Waals surface area contributed by atoms with Crippen LogP contribution in [0.5, 0.6) is 0 Å². The Balaban J connectivity index is 0.000000244. The minimum atomic E-state index is -1.62. The molecule has 0 atom stereocenters. The van der Waals surface area contributed by atoms with Gasteiger partial charge in [-0.05, 0) is 114 Å². The number of benzene rings is 6. The van der Waals surface area contributed by atoms with Crippen molar-refractivity contribution in [3.05, 3.63) is 179 Å². The van der Waals surface area contributed by atoms with Crippen LogP contribution in [-0.2, 0) is 0 Å². The Bertz CT molecular complexity index is 1550. The fourth-order valence-electron chi connectivity index (χ4n) is 5.40. The van der Waals surface area contributed by atoms with E-state index in [0.717, 1.165) is 0 Å². The van der Waals surface area contributed by atoms with Crippen molar-refractivity contribution in [1.29, 1.82) is 0 Å². The molecular weight excluding hydrogens is 1580 g/mol. The van der Waals surface area contributed by atoms with E-state index in [4.69, 9.17) is 0 Å². The van der Waals surface area contributed by atoms with Gasteiger partial charge in [0.1, 0.15) is 31.8 Å². The van der Waals surface area contributed by atoms with Gasteiger partial charge >= 0.3 is 101 Å². The van der Waals surface area contributed by atoms with Gasteiger partial charge in [0.2, 0.25) is 0 Å². The van der Waals surface area contributed by atoms with Crippen LogP contribution in [0.1, 0.15) is 33.4 Å². The van der Waals surface area contributed by atoms with E-state index in [1.54, 1.807) is 0 Å². The van der Waals surface area contributed by atoms with Crippen molar-refractivity contribution in [2.45, 2.75) is 41.5 Å². The van der Waals surface area contributed by atoms with E-state index < -0.39 is 9.81 Å². The maximum absolute atomic E-state index is 2.72. The van der Waals surface area contributed by atoms with Gasteiger partial charge < -0.3 is 0 Å². The van der Waals surface area contributed by atoms with E-state index in [-0.39, 0.29) is 0 Å². The molecule has 0 nitrogen and oxygen atoms in total. The van der Waals surface area contributed by atoms with Gasteiger partial charge in [-0.1, -0.05) is 106 Å². The first-order chi connectivity index (χ1) is 24.8. The van der Waals surface area contributed by atoms with Crippen molar-refractivity contribution < 1.29 is 26.5 Å². The average Bonchev–Trinajstić information content (AvgIpc) is 3.14. The van der Waals surface area contributed by atoms with Crippen LogP contribution in [0.4, 0.5) is 0 Å². The molecular formula is C42H42I8P2. The molecule has 0 aromatic heterocycles. The fourth-order valence-corrected chi connectivity index (χ4v) is 16.3. The van der Waals surface area contributed by atoms with E-state index in [1.165, 1.54) is 65.2 Å². The van der Waals surface area contributed by atoms with E-state index in [0.29, 0.717) is 26.5 Å². The van der Waals surface area contributed by atoms with E-state index in [9.17, 15) is 0 Å². The first kappa shape index (κ1) is 48.4. The summed E-state index contributed by atoms with van der Waals surface area (Å²) in [5.74, 6) is 0. The molecule has 0 aliphatic carbocycles. The van der Waals surface area contributed by atoms with Crippen molar-refractivity contribution in [1.82, 2.24) is 0 Å². The molecule has 6 aromatic carbocycles. The van der Waals surface area contributed by atoms with Crippen molar-refractivity contribution in [2.75, 3.05) is 0 Å². The van der Waals surface area contributed by atoms with E-state index in [2.05, 4.69) is 306 Å². The molecule has 10 heteroatoms. The summed E-state index contributed by atoms with van der Waals surface area (Å²) < 4.78 is 0. The van der Waals surface area contributed by atoms with Crippen LogP contribution in [0.25, 0.3) is 0 Å². The Hall–Kier alpha value is 2.02. The van der Waals surface area contributed by atoms with Gasteiger partial charge in [-0.2, -0.15) is 0 Å². The third-order valence-electron chi connectivity index (χ3n) is 8.34. The normalized spacial score (nSPS) is 11.0. The predicted octanol–water partition coefficient (Wildman–Crippen LogP) is 8.06. The number of hydrogen-bond acceptors (Lipinski definition) is 0. The maximum atomic E-state index is 2.72. The molecule has 0 spiro atoms. The van der Waals surface area contributed by atoms with Crippen LogP contribution in [0.2, 0.25) is 0 Å². The van der Waals surface area contributed by atoms with Gasteiger partial charge in [-0.25, -0.2) is 0 Å². The van der Waals surface area contributed by atoms with Gasteiger partial charge in [0, 0.05) is 0 Å². The number of aryl methyl sites for hydroxylation is 6. The van der Waals surface area contributed by atoms with Crippen molar-refractivity contribution in [3.8, 4) is 0 Å².